The first-order valence-electron chi connectivity index (χ1n) is 9.15. The largest absolute Gasteiger partial charge is 0.451 e. The van der Waals surface area contributed by atoms with Crippen LogP contribution in [0, 0.1) is 0 Å². The first kappa shape index (κ1) is 19.5. The standard InChI is InChI=1S/C23H16ClN3O3/c24-18-11-13-19(14-12-18)27-22(17-9-5-2-6-10-17)25-21(26-27)23(29)30-15-20(28)16-7-3-1-4-8-16/h1-14H,15H2. The molecule has 30 heavy (non-hydrogen) atoms. The van der Waals surface area contributed by atoms with E-state index in [1.54, 1.807) is 59.3 Å². The third kappa shape index (κ3) is 4.29. The second kappa shape index (κ2) is 8.71. The molecule has 0 amide bonds. The minimum atomic E-state index is -0.774. The van der Waals surface area contributed by atoms with Crippen LogP contribution in [0.3, 0.4) is 0 Å². The first-order chi connectivity index (χ1) is 14.6. The van der Waals surface area contributed by atoms with Gasteiger partial charge in [0, 0.05) is 16.1 Å². The molecule has 0 saturated heterocycles. The number of ketones is 1. The van der Waals surface area contributed by atoms with Crippen molar-refractivity contribution < 1.29 is 14.3 Å². The van der Waals surface area contributed by atoms with Crippen molar-refractivity contribution in [3.05, 3.63) is 101 Å². The molecule has 0 fully saturated rings. The number of carbonyl (C=O) groups excluding carboxylic acids is 2. The van der Waals surface area contributed by atoms with Gasteiger partial charge in [0.05, 0.1) is 5.69 Å². The van der Waals surface area contributed by atoms with E-state index < -0.39 is 5.97 Å². The molecule has 6 nitrogen and oxygen atoms in total. The van der Waals surface area contributed by atoms with Crippen LogP contribution in [-0.2, 0) is 4.74 Å². The van der Waals surface area contributed by atoms with Crippen molar-refractivity contribution >= 4 is 23.4 Å². The summed E-state index contributed by atoms with van der Waals surface area (Å²) in [5, 5.41) is 4.90. The molecular weight excluding hydrogens is 402 g/mol. The minimum Gasteiger partial charge on any atom is -0.451 e. The van der Waals surface area contributed by atoms with Gasteiger partial charge in [-0.2, -0.15) is 0 Å². The van der Waals surface area contributed by atoms with Crippen molar-refractivity contribution in [2.75, 3.05) is 6.61 Å². The third-order valence-electron chi connectivity index (χ3n) is 4.32. The van der Waals surface area contributed by atoms with E-state index in [2.05, 4.69) is 10.1 Å². The lowest BCUT2D eigenvalue weighted by molar-refractivity contribution is 0.0462. The fourth-order valence-electron chi connectivity index (χ4n) is 2.84. The normalized spacial score (nSPS) is 10.6. The van der Waals surface area contributed by atoms with E-state index in [1.165, 1.54) is 0 Å². The number of hydrogen-bond acceptors (Lipinski definition) is 5. The summed E-state index contributed by atoms with van der Waals surface area (Å²) in [6, 6.07) is 25.0. The molecule has 1 aromatic heterocycles. The van der Waals surface area contributed by atoms with Crippen LogP contribution in [0.5, 0.6) is 0 Å². The van der Waals surface area contributed by atoms with Gasteiger partial charge in [-0.05, 0) is 24.3 Å². The monoisotopic (exact) mass is 417 g/mol. The molecule has 0 atom stereocenters. The van der Waals surface area contributed by atoms with E-state index in [0.717, 1.165) is 5.56 Å². The summed E-state index contributed by atoms with van der Waals surface area (Å²) in [7, 11) is 0. The summed E-state index contributed by atoms with van der Waals surface area (Å²) in [6.07, 6.45) is 0. The predicted octanol–water partition coefficient (Wildman–Crippen LogP) is 4.63. The topological polar surface area (TPSA) is 74.1 Å². The molecular formula is C23H16ClN3O3. The SMILES string of the molecule is O=C(COC(=O)c1nc(-c2ccccc2)n(-c2ccc(Cl)cc2)n1)c1ccccc1. The number of esters is 1. The molecule has 0 spiro atoms. The first-order valence-corrected chi connectivity index (χ1v) is 9.53. The van der Waals surface area contributed by atoms with Crippen LogP contribution < -0.4 is 0 Å². The van der Waals surface area contributed by atoms with Gasteiger partial charge in [0.1, 0.15) is 0 Å². The minimum absolute atomic E-state index is 0.135. The molecule has 4 aromatic rings. The summed E-state index contributed by atoms with van der Waals surface area (Å²) in [4.78, 5) is 29.1. The van der Waals surface area contributed by atoms with Gasteiger partial charge in [-0.25, -0.2) is 14.5 Å². The van der Waals surface area contributed by atoms with Crippen LogP contribution >= 0.6 is 11.6 Å². The maximum Gasteiger partial charge on any atom is 0.378 e. The number of hydrogen-bond donors (Lipinski definition) is 0. The number of carbonyl (C=O) groups is 2. The lowest BCUT2D eigenvalue weighted by Crippen LogP contribution is -2.15. The molecule has 1 heterocycles. The molecule has 148 valence electrons. The zero-order chi connectivity index (χ0) is 20.9. The average Bonchev–Trinajstić information content (AvgIpc) is 3.24. The Balaban J connectivity index is 1.61. The molecule has 0 aliphatic carbocycles. The molecule has 0 N–H and O–H groups in total. The maximum atomic E-state index is 12.5. The van der Waals surface area contributed by atoms with Crippen LogP contribution in [0.2, 0.25) is 5.02 Å². The summed E-state index contributed by atoms with van der Waals surface area (Å²) < 4.78 is 6.70. The highest BCUT2D eigenvalue weighted by Gasteiger charge is 2.21. The summed E-state index contributed by atoms with van der Waals surface area (Å²) in [6.45, 7) is -0.390. The van der Waals surface area contributed by atoms with Crippen LogP contribution in [0.1, 0.15) is 21.0 Å². The van der Waals surface area contributed by atoms with Crippen molar-refractivity contribution in [2.45, 2.75) is 0 Å². The maximum absolute atomic E-state index is 12.5. The van der Waals surface area contributed by atoms with Crippen molar-refractivity contribution in [1.29, 1.82) is 0 Å². The molecule has 7 heteroatoms. The van der Waals surface area contributed by atoms with E-state index in [1.807, 2.05) is 30.3 Å². The van der Waals surface area contributed by atoms with E-state index in [0.29, 0.717) is 22.1 Å². The Bertz CT molecular complexity index is 1170. The smallest absolute Gasteiger partial charge is 0.378 e. The fraction of sp³-hybridized carbons (Fsp3) is 0.0435. The fourth-order valence-corrected chi connectivity index (χ4v) is 2.96. The Hall–Kier alpha value is -3.77. The quantitative estimate of drug-likeness (QED) is 0.338. The van der Waals surface area contributed by atoms with Gasteiger partial charge in [0.25, 0.3) is 5.82 Å². The number of Topliss-reactive ketones (excluding diaryl/α,β-unsaturated/α-hetero) is 1. The highest BCUT2D eigenvalue weighted by molar-refractivity contribution is 6.30. The van der Waals surface area contributed by atoms with Crippen LogP contribution in [0.4, 0.5) is 0 Å². The highest BCUT2D eigenvalue weighted by atomic mass is 35.5. The number of aromatic nitrogens is 3. The summed E-state index contributed by atoms with van der Waals surface area (Å²) in [5.41, 5.74) is 1.93. The second-order valence-electron chi connectivity index (χ2n) is 6.38. The number of nitrogens with zero attached hydrogens (tertiary/aromatic N) is 3. The highest BCUT2D eigenvalue weighted by Crippen LogP contribution is 2.22. The van der Waals surface area contributed by atoms with E-state index in [-0.39, 0.29) is 18.2 Å². The van der Waals surface area contributed by atoms with Gasteiger partial charge in [-0.3, -0.25) is 4.79 Å². The van der Waals surface area contributed by atoms with Gasteiger partial charge >= 0.3 is 5.97 Å². The number of halogens is 1. The van der Waals surface area contributed by atoms with Crippen LogP contribution in [-0.4, -0.2) is 33.1 Å². The van der Waals surface area contributed by atoms with Gasteiger partial charge in [0.15, 0.2) is 18.2 Å². The Morgan fingerprint density at radius 3 is 2.17 bits per heavy atom. The van der Waals surface area contributed by atoms with Crippen molar-refractivity contribution in [3.8, 4) is 17.1 Å². The predicted molar refractivity (Wildman–Crippen MR) is 113 cm³/mol. The van der Waals surface area contributed by atoms with E-state index in [4.69, 9.17) is 16.3 Å². The molecule has 3 aromatic carbocycles. The number of ether oxygens (including phenoxy) is 1. The lowest BCUT2D eigenvalue weighted by atomic mass is 10.1. The van der Waals surface area contributed by atoms with Crippen molar-refractivity contribution in [3.63, 3.8) is 0 Å². The molecule has 0 radical (unpaired) electrons. The van der Waals surface area contributed by atoms with Gasteiger partial charge in [-0.1, -0.05) is 72.3 Å². The second-order valence-corrected chi connectivity index (χ2v) is 6.82. The Morgan fingerprint density at radius 1 is 0.867 bits per heavy atom. The molecule has 0 aliphatic heterocycles. The molecule has 0 unspecified atom stereocenters. The van der Waals surface area contributed by atoms with E-state index >= 15 is 0 Å². The summed E-state index contributed by atoms with van der Waals surface area (Å²) in [5.74, 6) is -0.738. The Morgan fingerprint density at radius 2 is 1.50 bits per heavy atom. The van der Waals surface area contributed by atoms with Gasteiger partial charge in [-0.15, -0.1) is 5.10 Å². The molecule has 4 rings (SSSR count). The average molecular weight is 418 g/mol. The number of benzene rings is 3. The van der Waals surface area contributed by atoms with Crippen molar-refractivity contribution in [1.82, 2.24) is 14.8 Å². The zero-order valence-corrected chi connectivity index (χ0v) is 16.5. The molecule has 0 saturated carbocycles. The van der Waals surface area contributed by atoms with Crippen LogP contribution in [0.25, 0.3) is 17.1 Å². The molecule has 0 aliphatic rings. The molecule has 0 bridgehead atoms. The number of rotatable bonds is 6. The lowest BCUT2D eigenvalue weighted by Gasteiger charge is -2.05. The Labute approximate surface area is 177 Å². The zero-order valence-electron chi connectivity index (χ0n) is 15.7. The van der Waals surface area contributed by atoms with Crippen molar-refractivity contribution in [2.24, 2.45) is 0 Å². The summed E-state index contributed by atoms with van der Waals surface area (Å²) >= 11 is 5.98. The van der Waals surface area contributed by atoms with Gasteiger partial charge < -0.3 is 4.74 Å². The van der Waals surface area contributed by atoms with E-state index in [9.17, 15) is 9.59 Å². The Kier molecular flexibility index (Phi) is 5.68. The van der Waals surface area contributed by atoms with Crippen LogP contribution in [0.15, 0.2) is 84.9 Å². The third-order valence-corrected chi connectivity index (χ3v) is 4.58. The van der Waals surface area contributed by atoms with Gasteiger partial charge in [0.2, 0.25) is 0 Å².